The fraction of sp³-hybridized carbons (Fsp3) is 0.800. The molecule has 0 N–H and O–H groups in total. The molecule has 2 aliphatic rings. The summed E-state index contributed by atoms with van der Waals surface area (Å²) in [6.07, 6.45) is 6.86. The topological polar surface area (TPSA) is 17.1 Å². The van der Waals surface area contributed by atoms with Gasteiger partial charge in [0.2, 0.25) is 0 Å². The number of fused-ring (bicyclic) bond motifs is 1. The van der Waals surface area contributed by atoms with E-state index in [1.165, 1.54) is 12.0 Å². The first-order valence-corrected chi connectivity index (χ1v) is 6.63. The zero-order chi connectivity index (χ0) is 11.9. The molecule has 0 aliphatic heterocycles. The second-order valence-electron chi connectivity index (χ2n) is 6.51. The third-order valence-corrected chi connectivity index (χ3v) is 4.72. The Morgan fingerprint density at radius 1 is 1.31 bits per heavy atom. The predicted molar refractivity (Wildman–Crippen MR) is 67.2 cm³/mol. The first kappa shape index (κ1) is 11.9. The quantitative estimate of drug-likeness (QED) is 0.564. The summed E-state index contributed by atoms with van der Waals surface area (Å²) in [7, 11) is 0. The van der Waals surface area contributed by atoms with Crippen LogP contribution in [0.3, 0.4) is 0 Å². The molecule has 90 valence electrons. The fourth-order valence-corrected chi connectivity index (χ4v) is 3.42. The second-order valence-corrected chi connectivity index (χ2v) is 6.51. The van der Waals surface area contributed by atoms with Gasteiger partial charge < -0.3 is 0 Å². The van der Waals surface area contributed by atoms with Gasteiger partial charge in [0.1, 0.15) is 5.78 Å². The van der Waals surface area contributed by atoms with E-state index in [9.17, 15) is 4.79 Å². The lowest BCUT2D eigenvalue weighted by Crippen LogP contribution is -2.34. The van der Waals surface area contributed by atoms with Gasteiger partial charge in [-0.2, -0.15) is 0 Å². The SMILES string of the molecule is CC1=C[C@H]2[C@H](CC1)C(=O)[C@H](C)CCC2(C)C. The van der Waals surface area contributed by atoms with Crippen LogP contribution in [-0.2, 0) is 4.79 Å². The third kappa shape index (κ3) is 1.97. The van der Waals surface area contributed by atoms with Gasteiger partial charge in [0.25, 0.3) is 0 Å². The van der Waals surface area contributed by atoms with Crippen molar-refractivity contribution < 1.29 is 4.79 Å². The number of Topliss-reactive ketones (excluding diaryl/α,β-unsaturated/α-hetero) is 1. The molecule has 0 amide bonds. The molecule has 2 rings (SSSR count). The number of hydrogen-bond donors (Lipinski definition) is 0. The van der Waals surface area contributed by atoms with Crippen LogP contribution in [0.5, 0.6) is 0 Å². The van der Waals surface area contributed by atoms with Gasteiger partial charge in [-0.05, 0) is 43.9 Å². The molecule has 16 heavy (non-hydrogen) atoms. The Balaban J connectivity index is 2.37. The zero-order valence-corrected chi connectivity index (χ0v) is 11.0. The number of allylic oxidation sites excluding steroid dienone is 2. The molecule has 1 fully saturated rings. The minimum Gasteiger partial charge on any atom is -0.299 e. The average molecular weight is 220 g/mol. The molecule has 1 nitrogen and oxygen atoms in total. The van der Waals surface area contributed by atoms with Crippen molar-refractivity contribution in [3.05, 3.63) is 11.6 Å². The molecule has 1 saturated carbocycles. The Morgan fingerprint density at radius 2 is 2.00 bits per heavy atom. The molecule has 0 aromatic rings. The van der Waals surface area contributed by atoms with E-state index in [0.29, 0.717) is 23.0 Å². The van der Waals surface area contributed by atoms with Crippen LogP contribution in [0.25, 0.3) is 0 Å². The van der Waals surface area contributed by atoms with E-state index in [1.807, 2.05) is 0 Å². The van der Waals surface area contributed by atoms with E-state index in [-0.39, 0.29) is 5.92 Å². The first-order valence-electron chi connectivity index (χ1n) is 6.63. The average Bonchev–Trinajstić information content (AvgIpc) is 2.31. The van der Waals surface area contributed by atoms with Gasteiger partial charge in [-0.3, -0.25) is 4.79 Å². The maximum Gasteiger partial charge on any atom is 0.139 e. The van der Waals surface area contributed by atoms with Gasteiger partial charge in [0.05, 0.1) is 0 Å². The fourth-order valence-electron chi connectivity index (χ4n) is 3.42. The second kappa shape index (κ2) is 4.01. The largest absolute Gasteiger partial charge is 0.299 e. The van der Waals surface area contributed by atoms with Crippen LogP contribution in [0, 0.1) is 23.2 Å². The van der Waals surface area contributed by atoms with Gasteiger partial charge in [-0.25, -0.2) is 0 Å². The van der Waals surface area contributed by atoms with Gasteiger partial charge in [-0.15, -0.1) is 0 Å². The van der Waals surface area contributed by atoms with Crippen LogP contribution in [0.4, 0.5) is 0 Å². The van der Waals surface area contributed by atoms with Crippen LogP contribution in [0.2, 0.25) is 0 Å². The van der Waals surface area contributed by atoms with Crippen LogP contribution < -0.4 is 0 Å². The molecule has 3 atom stereocenters. The highest BCUT2D eigenvalue weighted by Crippen LogP contribution is 2.47. The van der Waals surface area contributed by atoms with Crippen molar-refractivity contribution in [3.63, 3.8) is 0 Å². The van der Waals surface area contributed by atoms with E-state index in [2.05, 4.69) is 33.8 Å². The molecule has 0 aromatic heterocycles. The van der Waals surface area contributed by atoms with E-state index in [4.69, 9.17) is 0 Å². The Hall–Kier alpha value is -0.590. The summed E-state index contributed by atoms with van der Waals surface area (Å²) in [6.45, 7) is 9.01. The highest BCUT2D eigenvalue weighted by atomic mass is 16.1. The summed E-state index contributed by atoms with van der Waals surface area (Å²) in [4.78, 5) is 12.3. The minimum absolute atomic E-state index is 0.279. The number of rotatable bonds is 0. The highest BCUT2D eigenvalue weighted by Gasteiger charge is 2.43. The van der Waals surface area contributed by atoms with Crippen molar-refractivity contribution in [1.29, 1.82) is 0 Å². The Morgan fingerprint density at radius 3 is 2.69 bits per heavy atom. The van der Waals surface area contributed by atoms with Gasteiger partial charge >= 0.3 is 0 Å². The summed E-state index contributed by atoms with van der Waals surface area (Å²) in [5.41, 5.74) is 1.78. The van der Waals surface area contributed by atoms with E-state index < -0.39 is 0 Å². The molecule has 0 heterocycles. The molecule has 0 unspecified atom stereocenters. The zero-order valence-electron chi connectivity index (χ0n) is 11.0. The van der Waals surface area contributed by atoms with Crippen molar-refractivity contribution in [2.24, 2.45) is 23.2 Å². The summed E-state index contributed by atoms with van der Waals surface area (Å²) in [5.74, 6) is 1.59. The summed E-state index contributed by atoms with van der Waals surface area (Å²) in [6, 6.07) is 0. The Bertz CT molecular complexity index is 324. The van der Waals surface area contributed by atoms with Crippen molar-refractivity contribution in [1.82, 2.24) is 0 Å². The Kier molecular flexibility index (Phi) is 2.98. The van der Waals surface area contributed by atoms with Crippen molar-refractivity contribution >= 4 is 5.78 Å². The smallest absolute Gasteiger partial charge is 0.139 e. The number of carbonyl (C=O) groups excluding carboxylic acids is 1. The highest BCUT2D eigenvalue weighted by molar-refractivity contribution is 5.84. The van der Waals surface area contributed by atoms with E-state index >= 15 is 0 Å². The molecule has 0 aromatic carbocycles. The number of ketones is 1. The lowest BCUT2D eigenvalue weighted by atomic mass is 9.66. The monoisotopic (exact) mass is 220 g/mol. The molecule has 1 heteroatoms. The van der Waals surface area contributed by atoms with Crippen LogP contribution in [-0.4, -0.2) is 5.78 Å². The van der Waals surface area contributed by atoms with E-state index in [0.717, 1.165) is 19.3 Å². The summed E-state index contributed by atoms with van der Waals surface area (Å²) >= 11 is 0. The number of hydrogen-bond acceptors (Lipinski definition) is 1. The summed E-state index contributed by atoms with van der Waals surface area (Å²) < 4.78 is 0. The standard InChI is InChI=1S/C15H24O/c1-10-5-6-12-13(9-10)15(3,4)8-7-11(2)14(12)16/h9,11-13H,5-8H2,1-4H3/t11-,12+,13+/m1/s1. The van der Waals surface area contributed by atoms with Crippen molar-refractivity contribution in [2.75, 3.05) is 0 Å². The Labute approximate surface area is 99.3 Å². The molecule has 0 spiro atoms. The third-order valence-electron chi connectivity index (χ3n) is 4.72. The van der Waals surface area contributed by atoms with E-state index in [1.54, 1.807) is 0 Å². The van der Waals surface area contributed by atoms with Gasteiger partial charge in [0.15, 0.2) is 0 Å². The minimum atomic E-state index is 0.279. The maximum atomic E-state index is 12.3. The lowest BCUT2D eigenvalue weighted by molar-refractivity contribution is -0.127. The van der Waals surface area contributed by atoms with Crippen LogP contribution in [0.15, 0.2) is 11.6 Å². The molecular formula is C15H24O. The van der Waals surface area contributed by atoms with Crippen molar-refractivity contribution in [2.45, 2.75) is 53.4 Å². The lowest BCUT2D eigenvalue weighted by Gasteiger charge is -2.38. The van der Waals surface area contributed by atoms with Gasteiger partial charge in [0, 0.05) is 11.8 Å². The molecular weight excluding hydrogens is 196 g/mol. The van der Waals surface area contributed by atoms with Crippen LogP contribution in [0.1, 0.15) is 53.4 Å². The predicted octanol–water partition coefficient (Wildman–Crippen LogP) is 3.98. The number of carbonyl (C=O) groups is 1. The van der Waals surface area contributed by atoms with Crippen LogP contribution >= 0.6 is 0 Å². The maximum absolute atomic E-state index is 12.3. The molecule has 2 aliphatic carbocycles. The van der Waals surface area contributed by atoms with Crippen molar-refractivity contribution in [3.8, 4) is 0 Å². The molecule has 0 radical (unpaired) electrons. The van der Waals surface area contributed by atoms with Gasteiger partial charge in [-0.1, -0.05) is 32.4 Å². The molecule has 0 bridgehead atoms. The summed E-state index contributed by atoms with van der Waals surface area (Å²) in [5, 5.41) is 0. The first-order chi connectivity index (χ1) is 7.42. The molecule has 0 saturated heterocycles. The normalized spacial score (nSPS) is 38.6.